The summed E-state index contributed by atoms with van der Waals surface area (Å²) in [6, 6.07) is 0.863. The van der Waals surface area contributed by atoms with Crippen molar-refractivity contribution in [3.8, 4) is 0 Å². The number of nitrogens with one attached hydrogen (secondary N) is 1. The van der Waals surface area contributed by atoms with Crippen LogP contribution in [0.15, 0.2) is 12.3 Å². The van der Waals surface area contributed by atoms with Crippen LogP contribution in [0.4, 0.5) is 4.39 Å². The highest BCUT2D eigenvalue weighted by Crippen LogP contribution is 2.15. The monoisotopic (exact) mass is 316 g/mol. The highest BCUT2D eigenvalue weighted by atomic mass is 35.5. The summed E-state index contributed by atoms with van der Waals surface area (Å²) < 4.78 is 13.1. The second kappa shape index (κ2) is 7.93. The van der Waals surface area contributed by atoms with Gasteiger partial charge in [0.2, 0.25) is 0 Å². The minimum atomic E-state index is -0.829. The minimum Gasteiger partial charge on any atom is -0.481 e. The number of carboxylic acids is 1. The Hall–Kier alpha value is -1.69. The molecule has 0 fully saturated rings. The number of nitrogens with zero attached hydrogens (tertiary/aromatic N) is 1. The molecule has 0 radical (unpaired) electrons. The van der Waals surface area contributed by atoms with Gasteiger partial charge in [0, 0.05) is 6.04 Å². The van der Waals surface area contributed by atoms with Gasteiger partial charge in [-0.1, -0.05) is 24.9 Å². The third-order valence-corrected chi connectivity index (χ3v) is 3.42. The molecule has 1 heterocycles. The lowest BCUT2D eigenvalue weighted by molar-refractivity contribution is -0.141. The van der Waals surface area contributed by atoms with Gasteiger partial charge < -0.3 is 10.4 Å². The summed E-state index contributed by atoms with van der Waals surface area (Å²) in [6.45, 7) is 3.44. The lowest BCUT2D eigenvalue weighted by Crippen LogP contribution is -2.33. The Morgan fingerprint density at radius 3 is 2.71 bits per heavy atom. The molecule has 0 aliphatic rings. The smallest absolute Gasteiger partial charge is 0.306 e. The van der Waals surface area contributed by atoms with E-state index in [9.17, 15) is 14.0 Å². The fourth-order valence-corrected chi connectivity index (χ4v) is 2.00. The van der Waals surface area contributed by atoms with E-state index in [0.717, 1.165) is 12.3 Å². The van der Waals surface area contributed by atoms with Crippen LogP contribution in [0.2, 0.25) is 5.15 Å². The zero-order valence-corrected chi connectivity index (χ0v) is 12.7. The van der Waals surface area contributed by atoms with Gasteiger partial charge in [0.15, 0.2) is 0 Å². The quantitative estimate of drug-likeness (QED) is 0.758. The van der Waals surface area contributed by atoms with Gasteiger partial charge >= 0.3 is 5.97 Å². The first-order chi connectivity index (χ1) is 9.81. The van der Waals surface area contributed by atoms with Gasteiger partial charge in [-0.3, -0.25) is 9.59 Å². The van der Waals surface area contributed by atoms with Crippen LogP contribution in [0.1, 0.15) is 43.5 Å². The predicted molar refractivity (Wildman–Crippen MR) is 76.8 cm³/mol. The molecule has 0 saturated heterocycles. The van der Waals surface area contributed by atoms with Gasteiger partial charge in [-0.05, 0) is 25.8 Å². The topological polar surface area (TPSA) is 79.3 Å². The number of aromatic nitrogens is 1. The van der Waals surface area contributed by atoms with Crippen LogP contribution in [-0.2, 0) is 4.79 Å². The molecule has 2 N–H and O–H groups in total. The first kappa shape index (κ1) is 17.4. The van der Waals surface area contributed by atoms with Gasteiger partial charge in [-0.2, -0.15) is 0 Å². The lowest BCUT2D eigenvalue weighted by Gasteiger charge is -2.15. The molecule has 1 amide bonds. The summed E-state index contributed by atoms with van der Waals surface area (Å²) in [6.07, 6.45) is 2.78. The fraction of sp³-hybridized carbons (Fsp3) is 0.500. The molecule has 0 aromatic carbocycles. The maximum Gasteiger partial charge on any atom is 0.306 e. The van der Waals surface area contributed by atoms with E-state index in [0.29, 0.717) is 19.3 Å². The molecule has 0 aliphatic heterocycles. The number of carbonyl (C=O) groups excluding carboxylic acids is 1. The summed E-state index contributed by atoms with van der Waals surface area (Å²) in [7, 11) is 0. The van der Waals surface area contributed by atoms with Crippen molar-refractivity contribution in [2.75, 3.05) is 0 Å². The average molecular weight is 317 g/mol. The number of carboxylic acid groups (broad SMARTS) is 1. The van der Waals surface area contributed by atoms with E-state index < -0.39 is 23.6 Å². The van der Waals surface area contributed by atoms with Gasteiger partial charge in [-0.25, -0.2) is 9.37 Å². The molecule has 5 nitrogen and oxygen atoms in total. The Morgan fingerprint density at radius 2 is 2.10 bits per heavy atom. The fourth-order valence-electron chi connectivity index (χ4n) is 1.81. The molecule has 1 aromatic rings. The number of halogens is 2. The number of hydrogen-bond donors (Lipinski definition) is 2. The number of carbonyl (C=O) groups is 2. The second-order valence-corrected chi connectivity index (χ2v) is 5.39. The Labute approximate surface area is 127 Å². The highest BCUT2D eigenvalue weighted by molar-refractivity contribution is 6.32. The number of hydrogen-bond acceptors (Lipinski definition) is 3. The molecule has 0 spiro atoms. The van der Waals surface area contributed by atoms with Crippen molar-refractivity contribution >= 4 is 23.5 Å². The third kappa shape index (κ3) is 5.67. The van der Waals surface area contributed by atoms with Crippen molar-refractivity contribution in [3.63, 3.8) is 0 Å². The van der Waals surface area contributed by atoms with E-state index in [4.69, 9.17) is 16.7 Å². The molecule has 0 saturated carbocycles. The van der Waals surface area contributed by atoms with Crippen molar-refractivity contribution in [1.29, 1.82) is 0 Å². The SMILES string of the molecule is CC(CCCC(C)C(=O)O)NC(=O)c1cc(F)cnc1Cl. The summed E-state index contributed by atoms with van der Waals surface area (Å²) in [5.74, 6) is -2.36. The molecular formula is C14H18ClFN2O3. The Morgan fingerprint density at radius 1 is 1.43 bits per heavy atom. The van der Waals surface area contributed by atoms with Crippen LogP contribution in [0.5, 0.6) is 0 Å². The largest absolute Gasteiger partial charge is 0.481 e. The molecule has 21 heavy (non-hydrogen) atoms. The molecule has 1 rings (SSSR count). The third-order valence-electron chi connectivity index (χ3n) is 3.12. The summed E-state index contributed by atoms with van der Waals surface area (Å²) in [5, 5.41) is 11.4. The molecule has 116 valence electrons. The van der Waals surface area contributed by atoms with E-state index in [-0.39, 0.29) is 16.8 Å². The van der Waals surface area contributed by atoms with Crippen molar-refractivity contribution in [1.82, 2.24) is 10.3 Å². The summed E-state index contributed by atoms with van der Waals surface area (Å²) in [4.78, 5) is 26.2. The van der Waals surface area contributed by atoms with Crippen LogP contribution in [0.3, 0.4) is 0 Å². The molecule has 0 aliphatic carbocycles. The molecular weight excluding hydrogens is 299 g/mol. The van der Waals surface area contributed by atoms with E-state index >= 15 is 0 Å². The van der Waals surface area contributed by atoms with Crippen molar-refractivity contribution in [3.05, 3.63) is 28.8 Å². The highest BCUT2D eigenvalue weighted by Gasteiger charge is 2.16. The Kier molecular flexibility index (Phi) is 6.55. The van der Waals surface area contributed by atoms with Gasteiger partial charge in [0.05, 0.1) is 17.7 Å². The van der Waals surface area contributed by atoms with Gasteiger partial charge in [0.25, 0.3) is 5.91 Å². The Bertz CT molecular complexity index is 525. The normalized spacial score (nSPS) is 13.5. The predicted octanol–water partition coefficient (Wildman–Crippen LogP) is 2.88. The van der Waals surface area contributed by atoms with Gasteiger partial charge in [0.1, 0.15) is 11.0 Å². The number of aliphatic carboxylic acids is 1. The van der Waals surface area contributed by atoms with Crippen molar-refractivity contribution in [2.24, 2.45) is 5.92 Å². The van der Waals surface area contributed by atoms with Crippen molar-refractivity contribution < 1.29 is 19.1 Å². The van der Waals surface area contributed by atoms with Crippen LogP contribution in [0, 0.1) is 11.7 Å². The van der Waals surface area contributed by atoms with Crippen LogP contribution in [0.25, 0.3) is 0 Å². The Balaban J connectivity index is 2.47. The molecule has 2 unspecified atom stereocenters. The second-order valence-electron chi connectivity index (χ2n) is 5.04. The van der Waals surface area contributed by atoms with Crippen LogP contribution >= 0.6 is 11.6 Å². The molecule has 7 heteroatoms. The number of pyridine rings is 1. The van der Waals surface area contributed by atoms with E-state index in [1.807, 2.05) is 0 Å². The van der Waals surface area contributed by atoms with E-state index in [2.05, 4.69) is 10.3 Å². The standard InChI is InChI=1S/C14H18ClFN2O3/c1-8(14(20)21)4-3-5-9(2)18-13(19)11-6-10(16)7-17-12(11)15/h6-9H,3-5H2,1-2H3,(H,18,19)(H,20,21). The minimum absolute atomic E-state index is 0.0116. The van der Waals surface area contributed by atoms with Crippen LogP contribution in [-0.4, -0.2) is 28.0 Å². The summed E-state index contributed by atoms with van der Waals surface area (Å²) >= 11 is 5.75. The van der Waals surface area contributed by atoms with Gasteiger partial charge in [-0.15, -0.1) is 0 Å². The average Bonchev–Trinajstić information content (AvgIpc) is 2.41. The lowest BCUT2D eigenvalue weighted by atomic mass is 10.0. The first-order valence-electron chi connectivity index (χ1n) is 6.66. The molecule has 2 atom stereocenters. The zero-order valence-electron chi connectivity index (χ0n) is 11.9. The van der Waals surface area contributed by atoms with Crippen LogP contribution < -0.4 is 5.32 Å². The maximum atomic E-state index is 13.1. The number of amides is 1. The molecule has 1 aromatic heterocycles. The van der Waals surface area contributed by atoms with Crippen molar-refractivity contribution in [2.45, 2.75) is 39.2 Å². The summed E-state index contributed by atoms with van der Waals surface area (Å²) in [5.41, 5.74) is -0.0116. The number of rotatable bonds is 7. The molecule has 0 bridgehead atoms. The first-order valence-corrected chi connectivity index (χ1v) is 7.03. The van der Waals surface area contributed by atoms with E-state index in [1.54, 1.807) is 13.8 Å². The maximum absolute atomic E-state index is 13.1. The zero-order chi connectivity index (χ0) is 16.0. The van der Waals surface area contributed by atoms with E-state index in [1.165, 1.54) is 0 Å².